The number of hydrogen-bond acceptors (Lipinski definition) is 4. The maximum absolute atomic E-state index is 12.1. The second kappa shape index (κ2) is 7.62. The van der Waals surface area contributed by atoms with Gasteiger partial charge < -0.3 is 9.88 Å². The van der Waals surface area contributed by atoms with Crippen LogP contribution in [0.1, 0.15) is 18.4 Å². The predicted molar refractivity (Wildman–Crippen MR) is 115 cm³/mol. The molecule has 0 bridgehead atoms. The highest BCUT2D eigenvalue weighted by Crippen LogP contribution is 2.37. The van der Waals surface area contributed by atoms with E-state index in [2.05, 4.69) is 14.6 Å². The van der Waals surface area contributed by atoms with Crippen molar-refractivity contribution in [2.75, 3.05) is 24.5 Å². The van der Waals surface area contributed by atoms with Gasteiger partial charge in [-0.2, -0.15) is 8.42 Å². The molecule has 0 saturated carbocycles. The number of fused-ring (bicyclic) bond motifs is 1. The van der Waals surface area contributed by atoms with Crippen LogP contribution in [0.15, 0.2) is 65.5 Å². The monoisotopic (exact) mass is 412 g/mol. The molecule has 152 valence electrons. The van der Waals surface area contributed by atoms with E-state index >= 15 is 0 Å². The van der Waals surface area contributed by atoms with Crippen molar-refractivity contribution < 1.29 is 8.42 Å². The summed E-state index contributed by atoms with van der Waals surface area (Å²) in [4.78, 5) is 17.2. The highest BCUT2D eigenvalue weighted by Gasteiger charge is 2.37. The Morgan fingerprint density at radius 3 is 2.38 bits per heavy atom. The van der Waals surface area contributed by atoms with Crippen molar-refractivity contribution in [2.45, 2.75) is 18.3 Å². The number of benzene rings is 2. The highest BCUT2D eigenvalue weighted by molar-refractivity contribution is 7.87. The van der Waals surface area contributed by atoms with Crippen molar-refractivity contribution >= 4 is 26.8 Å². The molecular formula is C21H24N4O3S. The first-order chi connectivity index (χ1) is 13.9. The van der Waals surface area contributed by atoms with Crippen molar-refractivity contribution in [1.82, 2.24) is 9.71 Å². The van der Waals surface area contributed by atoms with Crippen LogP contribution in [0.5, 0.6) is 0 Å². The van der Waals surface area contributed by atoms with Crippen molar-refractivity contribution in [3.8, 4) is 0 Å². The van der Waals surface area contributed by atoms with Gasteiger partial charge >= 0.3 is 0 Å². The fourth-order valence-electron chi connectivity index (χ4n) is 4.22. The molecule has 2 aromatic carbocycles. The lowest BCUT2D eigenvalue weighted by molar-refractivity contribution is 0.330. The van der Waals surface area contributed by atoms with Gasteiger partial charge in [-0.25, -0.2) is 9.86 Å². The van der Waals surface area contributed by atoms with Gasteiger partial charge in [0, 0.05) is 36.5 Å². The van der Waals surface area contributed by atoms with Crippen molar-refractivity contribution in [1.29, 1.82) is 0 Å². The summed E-state index contributed by atoms with van der Waals surface area (Å²) in [6, 6.07) is 19.3. The van der Waals surface area contributed by atoms with E-state index in [9.17, 15) is 13.2 Å². The zero-order valence-electron chi connectivity index (χ0n) is 16.0. The number of anilines is 1. The quantitative estimate of drug-likeness (QED) is 0.594. The number of hydrogen-bond donors (Lipinski definition) is 3. The molecule has 0 radical (unpaired) electrons. The van der Waals surface area contributed by atoms with Gasteiger partial charge in [0.2, 0.25) is 5.56 Å². The Labute approximate surface area is 169 Å². The fraction of sp³-hybridized carbons (Fsp3) is 0.286. The number of H-pyrrole nitrogens is 1. The Kier molecular flexibility index (Phi) is 5.16. The van der Waals surface area contributed by atoms with Gasteiger partial charge in [0.25, 0.3) is 10.2 Å². The molecule has 8 heteroatoms. The Morgan fingerprint density at radius 1 is 1.03 bits per heavy atom. The zero-order valence-corrected chi connectivity index (χ0v) is 16.8. The van der Waals surface area contributed by atoms with Crippen LogP contribution in [0.25, 0.3) is 10.9 Å². The Bertz CT molecular complexity index is 1170. The van der Waals surface area contributed by atoms with Crippen LogP contribution in [0.4, 0.5) is 5.69 Å². The predicted octanol–water partition coefficient (Wildman–Crippen LogP) is 1.86. The molecule has 1 aliphatic heterocycles. The fourth-order valence-corrected chi connectivity index (χ4v) is 4.70. The number of nitrogens with two attached hydrogens (primary N) is 1. The molecule has 1 fully saturated rings. The molecule has 0 aliphatic carbocycles. The zero-order chi connectivity index (χ0) is 20.5. The van der Waals surface area contributed by atoms with E-state index in [0.717, 1.165) is 35.0 Å². The summed E-state index contributed by atoms with van der Waals surface area (Å²) >= 11 is 0. The summed E-state index contributed by atoms with van der Waals surface area (Å²) in [7, 11) is -3.78. The standard InChI is InChI=1S/C21H24N4O3S/c22-29(27,28)23-15-21(16-6-2-1-3-7-16)10-12-25(13-11-21)19-14-20(26)24-18-9-5-4-8-17(18)19/h1-9,14,23H,10-13,15H2,(H,24,26)(H2,22,27,28). The molecule has 0 amide bonds. The van der Waals surface area contributed by atoms with Crippen LogP contribution in [-0.4, -0.2) is 33.0 Å². The van der Waals surface area contributed by atoms with E-state index in [4.69, 9.17) is 5.14 Å². The first-order valence-corrected chi connectivity index (χ1v) is 11.1. The molecule has 1 aromatic heterocycles. The molecule has 0 atom stereocenters. The number of aromatic amines is 1. The van der Waals surface area contributed by atoms with E-state index in [1.807, 2.05) is 54.6 Å². The second-order valence-electron chi connectivity index (χ2n) is 7.56. The summed E-state index contributed by atoms with van der Waals surface area (Å²) in [6.45, 7) is 1.66. The van der Waals surface area contributed by atoms with Crippen LogP contribution in [0.2, 0.25) is 0 Å². The molecular weight excluding hydrogens is 388 g/mol. The second-order valence-corrected chi connectivity index (χ2v) is 8.94. The summed E-state index contributed by atoms with van der Waals surface area (Å²) in [6.07, 6.45) is 1.47. The number of piperidine rings is 1. The van der Waals surface area contributed by atoms with E-state index in [1.165, 1.54) is 0 Å². The SMILES string of the molecule is NS(=O)(=O)NCC1(c2ccccc2)CCN(c2cc(=O)[nH]c3ccccc23)CC1. The maximum Gasteiger partial charge on any atom is 0.274 e. The minimum absolute atomic E-state index is 0.130. The van der Waals surface area contributed by atoms with Crippen molar-refractivity contribution in [3.63, 3.8) is 0 Å². The first kappa shape index (κ1) is 19.6. The summed E-state index contributed by atoms with van der Waals surface area (Å²) in [5.74, 6) is 0. The smallest absolute Gasteiger partial charge is 0.274 e. The summed E-state index contributed by atoms with van der Waals surface area (Å²) in [5.41, 5.74) is 2.33. The molecule has 3 aromatic rings. The lowest BCUT2D eigenvalue weighted by Crippen LogP contribution is -2.50. The molecule has 4 rings (SSSR count). The van der Waals surface area contributed by atoms with Gasteiger partial charge in [-0.1, -0.05) is 48.5 Å². The Balaban J connectivity index is 1.64. The molecule has 2 heterocycles. The van der Waals surface area contributed by atoms with Gasteiger partial charge in [0.1, 0.15) is 0 Å². The number of nitrogens with one attached hydrogen (secondary N) is 2. The summed E-state index contributed by atoms with van der Waals surface area (Å²) < 4.78 is 25.6. The van der Waals surface area contributed by atoms with Crippen LogP contribution in [-0.2, 0) is 15.6 Å². The summed E-state index contributed by atoms with van der Waals surface area (Å²) in [5, 5.41) is 6.20. The number of nitrogens with zero attached hydrogens (tertiary/aromatic N) is 1. The molecule has 1 saturated heterocycles. The molecule has 7 nitrogen and oxygen atoms in total. The van der Waals surface area contributed by atoms with E-state index < -0.39 is 10.2 Å². The van der Waals surface area contributed by atoms with E-state index in [1.54, 1.807) is 6.07 Å². The average molecular weight is 413 g/mol. The lowest BCUT2D eigenvalue weighted by atomic mass is 9.72. The van der Waals surface area contributed by atoms with Crippen LogP contribution in [0, 0.1) is 0 Å². The third-order valence-electron chi connectivity index (χ3n) is 5.79. The lowest BCUT2D eigenvalue weighted by Gasteiger charge is -2.43. The third-order valence-corrected chi connectivity index (χ3v) is 6.33. The maximum atomic E-state index is 12.1. The topological polar surface area (TPSA) is 108 Å². The molecule has 4 N–H and O–H groups in total. The van der Waals surface area contributed by atoms with Crippen LogP contribution >= 0.6 is 0 Å². The number of rotatable bonds is 5. The van der Waals surface area contributed by atoms with Crippen LogP contribution < -0.4 is 20.3 Å². The molecule has 0 unspecified atom stereocenters. The Hall–Kier alpha value is -2.68. The number of pyridine rings is 1. The number of aromatic nitrogens is 1. The van der Waals surface area contributed by atoms with Gasteiger partial charge in [-0.15, -0.1) is 0 Å². The number of para-hydroxylation sites is 1. The molecule has 0 spiro atoms. The largest absolute Gasteiger partial charge is 0.371 e. The van der Waals surface area contributed by atoms with Crippen molar-refractivity contribution in [3.05, 3.63) is 76.6 Å². The van der Waals surface area contributed by atoms with Crippen molar-refractivity contribution in [2.24, 2.45) is 5.14 Å². The third kappa shape index (κ3) is 4.19. The van der Waals surface area contributed by atoms with Gasteiger partial charge in [0.05, 0.1) is 11.2 Å². The normalized spacial score (nSPS) is 16.8. The molecule has 29 heavy (non-hydrogen) atoms. The first-order valence-electron chi connectivity index (χ1n) is 9.56. The van der Waals surface area contributed by atoms with E-state index in [-0.39, 0.29) is 17.5 Å². The highest BCUT2D eigenvalue weighted by atomic mass is 32.2. The van der Waals surface area contributed by atoms with Gasteiger partial charge in [-0.05, 0) is 24.5 Å². The minimum Gasteiger partial charge on any atom is -0.371 e. The average Bonchev–Trinajstić information content (AvgIpc) is 2.72. The van der Waals surface area contributed by atoms with E-state index in [0.29, 0.717) is 13.1 Å². The van der Waals surface area contributed by atoms with Crippen LogP contribution in [0.3, 0.4) is 0 Å². The van der Waals surface area contributed by atoms with Gasteiger partial charge in [-0.3, -0.25) is 4.79 Å². The minimum atomic E-state index is -3.78. The Morgan fingerprint density at radius 2 is 1.69 bits per heavy atom. The van der Waals surface area contributed by atoms with Gasteiger partial charge in [0.15, 0.2) is 0 Å². The molecule has 1 aliphatic rings.